The Morgan fingerprint density at radius 3 is 2.31 bits per heavy atom. The highest BCUT2D eigenvalue weighted by Crippen LogP contribution is 2.02. The van der Waals surface area contributed by atoms with Crippen LogP contribution in [0.15, 0.2) is 12.5 Å². The van der Waals surface area contributed by atoms with Gasteiger partial charge in [0.25, 0.3) is 0 Å². The molecule has 12 nitrogen and oxygen atoms in total. The Balaban J connectivity index is 2.74. The molecule has 1 aromatic rings. The number of amides is 2. The summed E-state index contributed by atoms with van der Waals surface area (Å²) in [7, 11) is 0. The number of carboxylic acid groups (broad SMARTS) is 2. The van der Waals surface area contributed by atoms with E-state index in [2.05, 4.69) is 15.3 Å². The lowest BCUT2D eigenvalue weighted by molar-refractivity contribution is -0.144. The second-order valence-electron chi connectivity index (χ2n) is 5.45. The molecule has 1 heterocycles. The fourth-order valence-electron chi connectivity index (χ4n) is 1.99. The number of hydrogen-bond acceptors (Lipinski definition) is 7. The Morgan fingerprint density at radius 2 is 1.81 bits per heavy atom. The van der Waals surface area contributed by atoms with E-state index in [1.807, 2.05) is 5.32 Å². The van der Waals surface area contributed by atoms with Crippen molar-refractivity contribution in [2.24, 2.45) is 5.73 Å². The van der Waals surface area contributed by atoms with Crippen LogP contribution in [-0.2, 0) is 25.6 Å². The number of nitrogens with zero attached hydrogens (tertiary/aromatic N) is 1. The standard InChI is InChI=1S/C14H21N5O7/c15-8(3-7-4-16-6-17-7)12(23)18-9(1-2-11(21)22)13(24)19-10(5-20)14(25)26/h4,6,8-10,20H,1-3,5,15H2,(H,16,17)(H,18,23)(H,19,24)(H,21,22)(H,25,26)/t8-,9-,10-/m0/s1. The number of imidazole rings is 1. The molecule has 0 aromatic carbocycles. The van der Waals surface area contributed by atoms with E-state index in [-0.39, 0.29) is 12.8 Å². The van der Waals surface area contributed by atoms with Gasteiger partial charge in [0.2, 0.25) is 11.8 Å². The largest absolute Gasteiger partial charge is 0.481 e. The normalized spacial score (nSPS) is 14.1. The maximum atomic E-state index is 12.2. The number of carboxylic acids is 2. The molecule has 1 rings (SSSR count). The first-order valence-electron chi connectivity index (χ1n) is 7.64. The number of aromatic amines is 1. The number of aliphatic carboxylic acids is 2. The van der Waals surface area contributed by atoms with Gasteiger partial charge in [0.05, 0.1) is 24.7 Å². The lowest BCUT2D eigenvalue weighted by Gasteiger charge is -2.21. The monoisotopic (exact) mass is 371 g/mol. The van der Waals surface area contributed by atoms with E-state index >= 15 is 0 Å². The summed E-state index contributed by atoms with van der Waals surface area (Å²) in [6, 6.07) is -3.95. The molecule has 12 heteroatoms. The summed E-state index contributed by atoms with van der Waals surface area (Å²) in [5.74, 6) is -4.34. The zero-order valence-corrected chi connectivity index (χ0v) is 13.7. The van der Waals surface area contributed by atoms with Gasteiger partial charge in [0.15, 0.2) is 0 Å². The number of nitrogens with two attached hydrogens (primary N) is 1. The van der Waals surface area contributed by atoms with E-state index in [1.165, 1.54) is 6.33 Å². The predicted octanol–water partition coefficient (Wildman–Crippen LogP) is -2.81. The molecule has 3 atom stereocenters. The second kappa shape index (κ2) is 10.1. The number of aromatic nitrogens is 2. The first kappa shape index (κ1) is 21.1. The summed E-state index contributed by atoms with van der Waals surface area (Å²) in [6.07, 6.45) is 2.31. The molecule has 0 bridgehead atoms. The van der Waals surface area contributed by atoms with Gasteiger partial charge in [0.1, 0.15) is 12.1 Å². The molecule has 0 aliphatic carbocycles. The highest BCUT2D eigenvalue weighted by atomic mass is 16.4. The molecule has 2 amide bonds. The van der Waals surface area contributed by atoms with Gasteiger partial charge in [-0.05, 0) is 6.42 Å². The molecule has 0 spiro atoms. The zero-order valence-electron chi connectivity index (χ0n) is 13.7. The fourth-order valence-corrected chi connectivity index (χ4v) is 1.99. The predicted molar refractivity (Wildman–Crippen MR) is 85.7 cm³/mol. The van der Waals surface area contributed by atoms with Crippen LogP contribution >= 0.6 is 0 Å². The summed E-state index contributed by atoms with van der Waals surface area (Å²) in [6.45, 7) is -0.862. The summed E-state index contributed by atoms with van der Waals surface area (Å²) in [4.78, 5) is 52.5. The van der Waals surface area contributed by atoms with Crippen molar-refractivity contribution >= 4 is 23.8 Å². The van der Waals surface area contributed by atoms with Gasteiger partial charge in [-0.15, -0.1) is 0 Å². The Kier molecular flexibility index (Phi) is 8.18. The third-order valence-electron chi connectivity index (χ3n) is 3.40. The Hall–Kier alpha value is -2.99. The SMILES string of the molecule is N[C@@H](Cc1c[nH]cn1)C(=O)N[C@@H](CCC(=O)O)C(=O)N[C@@H](CO)C(=O)O. The van der Waals surface area contributed by atoms with Gasteiger partial charge in [-0.3, -0.25) is 14.4 Å². The van der Waals surface area contributed by atoms with Crippen molar-refractivity contribution < 1.29 is 34.5 Å². The minimum atomic E-state index is -1.58. The summed E-state index contributed by atoms with van der Waals surface area (Å²) in [5, 5.41) is 30.9. The van der Waals surface area contributed by atoms with Gasteiger partial charge < -0.3 is 36.7 Å². The van der Waals surface area contributed by atoms with Crippen molar-refractivity contribution in [1.29, 1.82) is 0 Å². The van der Waals surface area contributed by atoms with E-state index in [4.69, 9.17) is 21.1 Å². The van der Waals surface area contributed by atoms with Gasteiger partial charge in [-0.25, -0.2) is 9.78 Å². The maximum Gasteiger partial charge on any atom is 0.328 e. The van der Waals surface area contributed by atoms with Crippen molar-refractivity contribution in [3.63, 3.8) is 0 Å². The highest BCUT2D eigenvalue weighted by Gasteiger charge is 2.28. The molecule has 0 radical (unpaired) electrons. The molecule has 26 heavy (non-hydrogen) atoms. The maximum absolute atomic E-state index is 12.2. The molecule has 0 fully saturated rings. The number of aliphatic hydroxyl groups excluding tert-OH is 1. The fraction of sp³-hybridized carbons (Fsp3) is 0.500. The van der Waals surface area contributed by atoms with E-state index in [0.29, 0.717) is 5.69 Å². The smallest absolute Gasteiger partial charge is 0.328 e. The summed E-state index contributed by atoms with van der Waals surface area (Å²) in [5.41, 5.74) is 6.26. The number of carbonyl (C=O) groups is 4. The van der Waals surface area contributed by atoms with E-state index in [0.717, 1.165) is 0 Å². The van der Waals surface area contributed by atoms with Crippen molar-refractivity contribution in [2.75, 3.05) is 6.61 Å². The van der Waals surface area contributed by atoms with Crippen molar-refractivity contribution in [3.8, 4) is 0 Å². The molecule has 0 saturated heterocycles. The molecule has 1 aromatic heterocycles. The Bertz CT molecular complexity index is 634. The number of hydrogen-bond donors (Lipinski definition) is 7. The topological polar surface area (TPSA) is 208 Å². The molecular weight excluding hydrogens is 350 g/mol. The van der Waals surface area contributed by atoms with Gasteiger partial charge in [-0.2, -0.15) is 0 Å². The third-order valence-corrected chi connectivity index (χ3v) is 3.40. The van der Waals surface area contributed by atoms with Gasteiger partial charge in [0, 0.05) is 19.0 Å². The average Bonchev–Trinajstić information content (AvgIpc) is 3.08. The van der Waals surface area contributed by atoms with Gasteiger partial charge >= 0.3 is 11.9 Å². The quantitative estimate of drug-likeness (QED) is 0.214. The lowest BCUT2D eigenvalue weighted by Crippen LogP contribution is -2.55. The molecule has 0 aliphatic heterocycles. The number of rotatable bonds is 11. The molecule has 0 saturated carbocycles. The van der Waals surface area contributed by atoms with Gasteiger partial charge in [-0.1, -0.05) is 0 Å². The van der Waals surface area contributed by atoms with Crippen molar-refractivity contribution in [2.45, 2.75) is 37.4 Å². The number of carbonyl (C=O) groups excluding carboxylic acids is 2. The van der Waals surface area contributed by atoms with Crippen LogP contribution in [0, 0.1) is 0 Å². The van der Waals surface area contributed by atoms with Crippen LogP contribution in [0.2, 0.25) is 0 Å². The summed E-state index contributed by atoms with van der Waals surface area (Å²) >= 11 is 0. The van der Waals surface area contributed by atoms with Crippen molar-refractivity contribution in [1.82, 2.24) is 20.6 Å². The van der Waals surface area contributed by atoms with Crippen molar-refractivity contribution in [3.05, 3.63) is 18.2 Å². The van der Waals surface area contributed by atoms with E-state index in [1.54, 1.807) is 6.20 Å². The lowest BCUT2D eigenvalue weighted by atomic mass is 10.1. The molecular formula is C14H21N5O7. The second-order valence-corrected chi connectivity index (χ2v) is 5.45. The van der Waals surface area contributed by atoms with Crippen LogP contribution in [0.4, 0.5) is 0 Å². The van der Waals surface area contributed by atoms with Crippen LogP contribution < -0.4 is 16.4 Å². The average molecular weight is 371 g/mol. The molecule has 0 unspecified atom stereocenters. The van der Waals surface area contributed by atoms with Crippen LogP contribution in [-0.4, -0.2) is 73.8 Å². The zero-order chi connectivity index (χ0) is 19.7. The molecule has 144 valence electrons. The Morgan fingerprint density at radius 1 is 1.15 bits per heavy atom. The number of nitrogens with one attached hydrogen (secondary N) is 3. The Labute approximate surface area is 147 Å². The third kappa shape index (κ3) is 6.86. The minimum absolute atomic E-state index is 0.0804. The van der Waals surface area contributed by atoms with Crippen LogP contribution in [0.1, 0.15) is 18.5 Å². The van der Waals surface area contributed by atoms with Crippen LogP contribution in [0.25, 0.3) is 0 Å². The number of H-pyrrole nitrogens is 1. The highest BCUT2D eigenvalue weighted by molar-refractivity contribution is 5.92. The summed E-state index contributed by atoms with van der Waals surface area (Å²) < 4.78 is 0. The number of aliphatic hydroxyl groups is 1. The first-order valence-corrected chi connectivity index (χ1v) is 7.64. The van der Waals surface area contributed by atoms with Crippen LogP contribution in [0.3, 0.4) is 0 Å². The minimum Gasteiger partial charge on any atom is -0.481 e. The van der Waals surface area contributed by atoms with Crippen LogP contribution in [0.5, 0.6) is 0 Å². The molecule has 8 N–H and O–H groups in total. The van der Waals surface area contributed by atoms with E-state index < -0.39 is 54.9 Å². The van der Waals surface area contributed by atoms with E-state index in [9.17, 15) is 19.2 Å². The molecule has 0 aliphatic rings. The first-order chi connectivity index (χ1) is 12.2.